The monoisotopic (exact) mass is 407 g/mol. The Labute approximate surface area is 164 Å². The first-order valence-electron chi connectivity index (χ1n) is 7.64. The standard InChI is InChI=1S/C17H15Cl2N5OS/c18-13-7-5-11(6-8-13)16-22-23-17(24(16)20)26-10-15(25)21-9-12-3-1-2-4-14(12)19/h1-8H,9-10,20H2,(H,21,25). The molecule has 6 nitrogen and oxygen atoms in total. The highest BCUT2D eigenvalue weighted by Gasteiger charge is 2.14. The van der Waals surface area contributed by atoms with E-state index in [0.29, 0.717) is 27.6 Å². The fourth-order valence-corrected chi connectivity index (χ4v) is 3.20. The topological polar surface area (TPSA) is 85.8 Å². The van der Waals surface area contributed by atoms with Crippen LogP contribution in [0.1, 0.15) is 5.56 Å². The second-order valence-electron chi connectivity index (χ2n) is 5.34. The number of carbonyl (C=O) groups is 1. The van der Waals surface area contributed by atoms with E-state index in [4.69, 9.17) is 29.0 Å². The van der Waals surface area contributed by atoms with Gasteiger partial charge in [0.05, 0.1) is 5.75 Å². The van der Waals surface area contributed by atoms with E-state index < -0.39 is 0 Å². The summed E-state index contributed by atoms with van der Waals surface area (Å²) in [4.78, 5) is 12.0. The molecule has 0 saturated heterocycles. The fraction of sp³-hybridized carbons (Fsp3) is 0.118. The number of hydrogen-bond acceptors (Lipinski definition) is 5. The molecule has 2 aromatic carbocycles. The Morgan fingerprint density at radius 3 is 2.58 bits per heavy atom. The van der Waals surface area contributed by atoms with Gasteiger partial charge in [-0.05, 0) is 35.9 Å². The number of nitrogens with one attached hydrogen (secondary N) is 1. The predicted molar refractivity (Wildman–Crippen MR) is 105 cm³/mol. The van der Waals surface area contributed by atoms with Crippen LogP contribution < -0.4 is 11.2 Å². The fourth-order valence-electron chi connectivity index (χ4n) is 2.19. The van der Waals surface area contributed by atoms with Gasteiger partial charge in [-0.15, -0.1) is 10.2 Å². The molecule has 0 aliphatic heterocycles. The Morgan fingerprint density at radius 2 is 1.85 bits per heavy atom. The summed E-state index contributed by atoms with van der Waals surface area (Å²) in [5, 5.41) is 12.6. The molecule has 0 aliphatic carbocycles. The van der Waals surface area contributed by atoms with E-state index in [-0.39, 0.29) is 11.7 Å². The minimum atomic E-state index is -0.147. The molecule has 0 unspecified atom stereocenters. The van der Waals surface area contributed by atoms with Gasteiger partial charge in [0, 0.05) is 22.2 Å². The average molecular weight is 408 g/mol. The summed E-state index contributed by atoms with van der Waals surface area (Å²) in [6, 6.07) is 14.5. The third-order valence-electron chi connectivity index (χ3n) is 3.53. The van der Waals surface area contributed by atoms with E-state index >= 15 is 0 Å². The number of carbonyl (C=O) groups excluding carboxylic acids is 1. The van der Waals surface area contributed by atoms with Crippen LogP contribution in [0.3, 0.4) is 0 Å². The van der Waals surface area contributed by atoms with Crippen LogP contribution in [-0.4, -0.2) is 26.5 Å². The van der Waals surface area contributed by atoms with Gasteiger partial charge in [-0.1, -0.05) is 53.2 Å². The van der Waals surface area contributed by atoms with E-state index in [9.17, 15) is 4.79 Å². The quantitative estimate of drug-likeness (QED) is 0.483. The molecule has 134 valence electrons. The lowest BCUT2D eigenvalue weighted by Crippen LogP contribution is -2.25. The molecule has 1 aromatic heterocycles. The van der Waals surface area contributed by atoms with Crippen molar-refractivity contribution in [3.05, 3.63) is 64.1 Å². The molecule has 3 rings (SSSR count). The number of halogens is 2. The van der Waals surface area contributed by atoms with Crippen LogP contribution in [0.2, 0.25) is 10.0 Å². The zero-order valence-corrected chi connectivity index (χ0v) is 15.9. The van der Waals surface area contributed by atoms with Crippen LogP contribution in [0.5, 0.6) is 0 Å². The van der Waals surface area contributed by atoms with Crippen molar-refractivity contribution in [3.8, 4) is 11.4 Å². The first-order chi connectivity index (χ1) is 12.5. The normalized spacial score (nSPS) is 10.7. The van der Waals surface area contributed by atoms with Crippen LogP contribution in [-0.2, 0) is 11.3 Å². The summed E-state index contributed by atoms with van der Waals surface area (Å²) in [5.41, 5.74) is 1.65. The van der Waals surface area contributed by atoms with Crippen molar-refractivity contribution in [2.24, 2.45) is 0 Å². The van der Waals surface area contributed by atoms with Crippen molar-refractivity contribution in [3.63, 3.8) is 0 Å². The number of rotatable bonds is 6. The second kappa shape index (κ2) is 8.44. The lowest BCUT2D eigenvalue weighted by molar-refractivity contribution is -0.118. The number of nitrogen functional groups attached to an aromatic ring is 1. The number of amides is 1. The summed E-state index contributed by atoms with van der Waals surface area (Å²) in [6.07, 6.45) is 0. The summed E-state index contributed by atoms with van der Waals surface area (Å²) in [6.45, 7) is 0.365. The van der Waals surface area contributed by atoms with Crippen molar-refractivity contribution < 1.29 is 4.79 Å². The van der Waals surface area contributed by atoms with Crippen LogP contribution in [0, 0.1) is 0 Å². The first-order valence-corrected chi connectivity index (χ1v) is 9.38. The molecule has 9 heteroatoms. The average Bonchev–Trinajstić information content (AvgIpc) is 3.00. The van der Waals surface area contributed by atoms with Crippen LogP contribution >= 0.6 is 35.0 Å². The van der Waals surface area contributed by atoms with Gasteiger partial charge in [-0.2, -0.15) is 0 Å². The molecule has 1 heterocycles. The van der Waals surface area contributed by atoms with Gasteiger partial charge < -0.3 is 11.2 Å². The number of thioether (sulfide) groups is 1. The van der Waals surface area contributed by atoms with E-state index in [1.54, 1.807) is 30.3 Å². The van der Waals surface area contributed by atoms with E-state index in [1.165, 1.54) is 16.4 Å². The highest BCUT2D eigenvalue weighted by Crippen LogP contribution is 2.23. The van der Waals surface area contributed by atoms with Crippen LogP contribution in [0.25, 0.3) is 11.4 Å². The minimum Gasteiger partial charge on any atom is -0.351 e. The molecular weight excluding hydrogens is 393 g/mol. The smallest absolute Gasteiger partial charge is 0.230 e. The molecule has 3 aromatic rings. The maximum absolute atomic E-state index is 12.0. The highest BCUT2D eigenvalue weighted by molar-refractivity contribution is 7.99. The van der Waals surface area contributed by atoms with Crippen molar-refractivity contribution in [2.45, 2.75) is 11.7 Å². The summed E-state index contributed by atoms with van der Waals surface area (Å²) in [7, 11) is 0. The minimum absolute atomic E-state index is 0.147. The lowest BCUT2D eigenvalue weighted by Gasteiger charge is -2.07. The third kappa shape index (κ3) is 4.49. The number of nitrogens with zero attached hydrogens (tertiary/aromatic N) is 3. The zero-order chi connectivity index (χ0) is 18.5. The largest absolute Gasteiger partial charge is 0.351 e. The van der Waals surface area contributed by atoms with Gasteiger partial charge in [-0.25, -0.2) is 4.68 Å². The Bertz CT molecular complexity index is 914. The summed E-state index contributed by atoms with van der Waals surface area (Å²) < 4.78 is 1.36. The maximum atomic E-state index is 12.0. The summed E-state index contributed by atoms with van der Waals surface area (Å²) in [5.74, 6) is 6.55. The van der Waals surface area contributed by atoms with Gasteiger partial charge in [0.2, 0.25) is 11.1 Å². The van der Waals surface area contributed by atoms with Gasteiger partial charge >= 0.3 is 0 Å². The first kappa shape index (κ1) is 18.6. The van der Waals surface area contributed by atoms with Crippen molar-refractivity contribution in [1.29, 1.82) is 0 Å². The molecule has 0 saturated carbocycles. The third-order valence-corrected chi connectivity index (χ3v) is 5.10. The van der Waals surface area contributed by atoms with Crippen molar-refractivity contribution >= 4 is 40.9 Å². The molecule has 26 heavy (non-hydrogen) atoms. The van der Waals surface area contributed by atoms with Gasteiger partial charge in [0.25, 0.3) is 0 Å². The molecule has 1 amide bonds. The SMILES string of the molecule is Nn1c(SCC(=O)NCc2ccccc2Cl)nnc1-c1ccc(Cl)cc1. The zero-order valence-electron chi connectivity index (χ0n) is 13.5. The highest BCUT2D eigenvalue weighted by atomic mass is 35.5. The number of benzene rings is 2. The molecule has 0 aliphatic rings. The lowest BCUT2D eigenvalue weighted by atomic mass is 10.2. The van der Waals surface area contributed by atoms with Crippen LogP contribution in [0.15, 0.2) is 53.7 Å². The summed E-state index contributed by atoms with van der Waals surface area (Å²) >= 11 is 13.2. The number of hydrogen-bond donors (Lipinski definition) is 2. The molecule has 3 N–H and O–H groups in total. The van der Waals surface area contributed by atoms with E-state index in [1.807, 2.05) is 18.2 Å². The second-order valence-corrected chi connectivity index (χ2v) is 7.13. The van der Waals surface area contributed by atoms with Gasteiger partial charge in [-0.3, -0.25) is 4.79 Å². The van der Waals surface area contributed by atoms with E-state index in [0.717, 1.165) is 11.1 Å². The molecular formula is C17H15Cl2N5OS. The number of nitrogens with two attached hydrogens (primary N) is 1. The predicted octanol–water partition coefficient (Wildman–Crippen LogP) is 3.37. The Balaban J connectivity index is 1.57. The molecule has 0 atom stereocenters. The molecule has 0 radical (unpaired) electrons. The van der Waals surface area contributed by atoms with Crippen molar-refractivity contribution in [1.82, 2.24) is 20.2 Å². The van der Waals surface area contributed by atoms with Crippen LogP contribution in [0.4, 0.5) is 0 Å². The number of aromatic nitrogens is 3. The molecule has 0 fully saturated rings. The van der Waals surface area contributed by atoms with Gasteiger partial charge in [0.15, 0.2) is 5.82 Å². The van der Waals surface area contributed by atoms with E-state index in [2.05, 4.69) is 15.5 Å². The molecule has 0 bridgehead atoms. The Hall–Kier alpha value is -2.22. The maximum Gasteiger partial charge on any atom is 0.230 e. The van der Waals surface area contributed by atoms with Gasteiger partial charge in [0.1, 0.15) is 0 Å². The molecule has 0 spiro atoms. The van der Waals surface area contributed by atoms with Crippen molar-refractivity contribution in [2.75, 3.05) is 11.6 Å². The Morgan fingerprint density at radius 1 is 1.12 bits per heavy atom. The Kier molecular flexibility index (Phi) is 6.03.